The summed E-state index contributed by atoms with van der Waals surface area (Å²) >= 11 is 0. The summed E-state index contributed by atoms with van der Waals surface area (Å²) in [5.74, 6) is 0.851. The number of hydrogen-bond donors (Lipinski definition) is 0. The molecule has 1 aliphatic rings. The number of rotatable bonds is 6. The van der Waals surface area contributed by atoms with Gasteiger partial charge in [-0.1, -0.05) is 6.92 Å². The van der Waals surface area contributed by atoms with E-state index in [0.29, 0.717) is 6.61 Å². The lowest BCUT2D eigenvalue weighted by molar-refractivity contribution is 0.343. The summed E-state index contributed by atoms with van der Waals surface area (Å²) in [4.78, 5) is 4.20. The molecule has 2 aromatic heterocycles. The second-order valence-electron chi connectivity index (χ2n) is 6.22. The van der Waals surface area contributed by atoms with Crippen molar-refractivity contribution in [1.82, 2.24) is 14.8 Å². The van der Waals surface area contributed by atoms with E-state index >= 15 is 0 Å². The Hall–Kier alpha value is -2.10. The predicted molar refractivity (Wildman–Crippen MR) is 92.4 cm³/mol. The quantitative estimate of drug-likeness (QED) is 0.793. The summed E-state index contributed by atoms with van der Waals surface area (Å²) in [6, 6.07) is 4.18. The SMILES string of the molecule is CCCn1nccc1C1=C(COc2cncc(C)c2)CCCC1. The van der Waals surface area contributed by atoms with E-state index < -0.39 is 0 Å². The molecule has 0 fully saturated rings. The van der Waals surface area contributed by atoms with Crippen molar-refractivity contribution in [3.8, 4) is 5.75 Å². The molecule has 0 unspecified atom stereocenters. The zero-order valence-corrected chi connectivity index (χ0v) is 14.1. The van der Waals surface area contributed by atoms with Crippen LogP contribution < -0.4 is 4.74 Å². The van der Waals surface area contributed by atoms with Gasteiger partial charge in [0.05, 0.1) is 11.9 Å². The lowest BCUT2D eigenvalue weighted by Crippen LogP contribution is -2.12. The van der Waals surface area contributed by atoms with Crippen LogP contribution >= 0.6 is 0 Å². The molecule has 0 aliphatic heterocycles. The van der Waals surface area contributed by atoms with Crippen molar-refractivity contribution in [2.45, 2.75) is 52.5 Å². The molecule has 23 heavy (non-hydrogen) atoms. The van der Waals surface area contributed by atoms with Crippen LogP contribution in [0.5, 0.6) is 5.75 Å². The summed E-state index contributed by atoms with van der Waals surface area (Å²) in [6.45, 7) is 5.85. The lowest BCUT2D eigenvalue weighted by atomic mass is 9.90. The van der Waals surface area contributed by atoms with Gasteiger partial charge >= 0.3 is 0 Å². The Labute approximate surface area is 138 Å². The van der Waals surface area contributed by atoms with Crippen LogP contribution in [0, 0.1) is 6.92 Å². The van der Waals surface area contributed by atoms with Crippen molar-refractivity contribution in [1.29, 1.82) is 0 Å². The third-order valence-corrected chi connectivity index (χ3v) is 4.31. The highest BCUT2D eigenvalue weighted by Gasteiger charge is 2.18. The Bertz CT molecular complexity index is 687. The number of nitrogens with zero attached hydrogens (tertiary/aromatic N) is 3. The summed E-state index contributed by atoms with van der Waals surface area (Å²) in [7, 11) is 0. The molecule has 0 amide bonds. The van der Waals surface area contributed by atoms with Crippen LogP contribution in [-0.2, 0) is 6.54 Å². The van der Waals surface area contributed by atoms with E-state index in [4.69, 9.17) is 4.74 Å². The molecule has 122 valence electrons. The minimum absolute atomic E-state index is 0.651. The smallest absolute Gasteiger partial charge is 0.138 e. The Morgan fingerprint density at radius 3 is 2.91 bits per heavy atom. The highest BCUT2D eigenvalue weighted by atomic mass is 16.5. The summed E-state index contributed by atoms with van der Waals surface area (Å²) < 4.78 is 8.14. The minimum atomic E-state index is 0.651. The van der Waals surface area contributed by atoms with E-state index in [1.54, 1.807) is 6.20 Å². The monoisotopic (exact) mass is 311 g/mol. The largest absolute Gasteiger partial charge is 0.488 e. The summed E-state index contributed by atoms with van der Waals surface area (Å²) in [5.41, 5.74) is 5.24. The first-order chi connectivity index (χ1) is 11.3. The minimum Gasteiger partial charge on any atom is -0.488 e. The molecule has 2 aromatic rings. The van der Waals surface area contributed by atoms with E-state index in [1.165, 1.54) is 29.7 Å². The van der Waals surface area contributed by atoms with Gasteiger partial charge in [-0.2, -0.15) is 5.10 Å². The van der Waals surface area contributed by atoms with E-state index in [1.807, 2.05) is 25.4 Å². The summed E-state index contributed by atoms with van der Waals surface area (Å²) in [5, 5.41) is 4.48. The molecule has 2 heterocycles. The number of pyridine rings is 1. The Kier molecular flexibility index (Phi) is 5.11. The fraction of sp³-hybridized carbons (Fsp3) is 0.474. The molecular weight excluding hydrogens is 286 g/mol. The van der Waals surface area contributed by atoms with Gasteiger partial charge in [-0.05, 0) is 67.9 Å². The molecule has 0 aromatic carbocycles. The predicted octanol–water partition coefficient (Wildman–Crippen LogP) is 4.40. The Morgan fingerprint density at radius 2 is 2.09 bits per heavy atom. The molecule has 1 aliphatic carbocycles. The van der Waals surface area contributed by atoms with Gasteiger partial charge in [0.25, 0.3) is 0 Å². The molecule has 4 nitrogen and oxygen atoms in total. The van der Waals surface area contributed by atoms with Crippen LogP contribution in [0.3, 0.4) is 0 Å². The standard InChI is InChI=1S/C19H25N3O/c1-3-10-22-19(8-9-21-22)18-7-5-4-6-16(18)14-23-17-11-15(2)12-20-13-17/h8-9,11-13H,3-7,10,14H2,1-2H3. The van der Waals surface area contributed by atoms with Crippen molar-refractivity contribution >= 4 is 5.57 Å². The van der Waals surface area contributed by atoms with E-state index in [0.717, 1.165) is 37.1 Å². The van der Waals surface area contributed by atoms with Crippen molar-refractivity contribution < 1.29 is 4.74 Å². The Morgan fingerprint density at radius 1 is 1.22 bits per heavy atom. The van der Waals surface area contributed by atoms with Crippen LogP contribution in [0.25, 0.3) is 5.57 Å². The van der Waals surface area contributed by atoms with Gasteiger partial charge in [0.2, 0.25) is 0 Å². The average Bonchev–Trinajstić information content (AvgIpc) is 3.02. The van der Waals surface area contributed by atoms with Crippen molar-refractivity contribution in [2.75, 3.05) is 6.61 Å². The maximum atomic E-state index is 6.00. The van der Waals surface area contributed by atoms with Crippen LogP contribution in [0.2, 0.25) is 0 Å². The molecule has 4 heteroatoms. The normalized spacial score (nSPS) is 15.0. The zero-order valence-electron chi connectivity index (χ0n) is 14.1. The molecule has 0 saturated carbocycles. The average molecular weight is 311 g/mol. The number of hydrogen-bond acceptors (Lipinski definition) is 3. The molecule has 0 saturated heterocycles. The van der Waals surface area contributed by atoms with Crippen LogP contribution in [0.4, 0.5) is 0 Å². The van der Waals surface area contributed by atoms with Gasteiger partial charge in [-0.25, -0.2) is 0 Å². The lowest BCUT2D eigenvalue weighted by Gasteiger charge is -2.21. The molecule has 0 bridgehead atoms. The van der Waals surface area contributed by atoms with E-state index in [-0.39, 0.29) is 0 Å². The van der Waals surface area contributed by atoms with Gasteiger partial charge in [-0.15, -0.1) is 0 Å². The maximum Gasteiger partial charge on any atom is 0.138 e. The fourth-order valence-corrected chi connectivity index (χ4v) is 3.19. The van der Waals surface area contributed by atoms with Crippen LogP contribution in [0.1, 0.15) is 50.3 Å². The van der Waals surface area contributed by atoms with Gasteiger partial charge < -0.3 is 4.74 Å². The zero-order chi connectivity index (χ0) is 16.1. The fourth-order valence-electron chi connectivity index (χ4n) is 3.19. The third-order valence-electron chi connectivity index (χ3n) is 4.31. The van der Waals surface area contributed by atoms with Crippen molar-refractivity contribution in [2.24, 2.45) is 0 Å². The molecule has 0 N–H and O–H groups in total. The van der Waals surface area contributed by atoms with Gasteiger partial charge in [0.15, 0.2) is 0 Å². The number of aromatic nitrogens is 3. The Balaban J connectivity index is 1.81. The topological polar surface area (TPSA) is 39.9 Å². The second-order valence-corrected chi connectivity index (χ2v) is 6.22. The second kappa shape index (κ2) is 7.44. The first-order valence-electron chi connectivity index (χ1n) is 8.55. The van der Waals surface area contributed by atoms with Crippen LogP contribution in [0.15, 0.2) is 36.3 Å². The summed E-state index contributed by atoms with van der Waals surface area (Å²) in [6.07, 6.45) is 11.4. The number of allylic oxidation sites excluding steroid dienone is 1. The third kappa shape index (κ3) is 3.81. The number of ether oxygens (including phenoxy) is 1. The molecular formula is C19H25N3O. The molecule has 0 atom stereocenters. The molecule has 0 spiro atoms. The van der Waals surface area contributed by atoms with Gasteiger partial charge in [0, 0.05) is 18.9 Å². The van der Waals surface area contributed by atoms with Gasteiger partial charge in [-0.3, -0.25) is 9.67 Å². The van der Waals surface area contributed by atoms with Crippen LogP contribution in [-0.4, -0.2) is 21.4 Å². The van der Waals surface area contributed by atoms with Crippen molar-refractivity contribution in [3.05, 3.63) is 47.6 Å². The van der Waals surface area contributed by atoms with Gasteiger partial charge in [0.1, 0.15) is 12.4 Å². The first kappa shape index (κ1) is 15.8. The van der Waals surface area contributed by atoms with E-state index in [9.17, 15) is 0 Å². The first-order valence-corrected chi connectivity index (χ1v) is 8.55. The molecule has 3 rings (SSSR count). The van der Waals surface area contributed by atoms with Crippen molar-refractivity contribution in [3.63, 3.8) is 0 Å². The maximum absolute atomic E-state index is 6.00. The highest BCUT2D eigenvalue weighted by Crippen LogP contribution is 2.32. The van der Waals surface area contributed by atoms with E-state index in [2.05, 4.69) is 27.8 Å². The number of aryl methyl sites for hydroxylation is 2. The molecule has 0 radical (unpaired) electrons. The highest BCUT2D eigenvalue weighted by molar-refractivity contribution is 5.67.